The Morgan fingerprint density at radius 1 is 1.15 bits per heavy atom. The number of rotatable bonds is 5. The van der Waals surface area contributed by atoms with Gasteiger partial charge in [-0.1, -0.05) is 0 Å². The van der Waals surface area contributed by atoms with E-state index in [0.717, 1.165) is 24.2 Å². The van der Waals surface area contributed by atoms with Crippen molar-refractivity contribution in [2.45, 2.75) is 64.8 Å². The van der Waals surface area contributed by atoms with E-state index in [-0.39, 0.29) is 6.04 Å². The highest BCUT2D eigenvalue weighted by Crippen LogP contribution is 2.61. The molecular formula is C17H30N2O. The molecule has 2 N–H and O–H groups in total. The first-order chi connectivity index (χ1) is 9.51. The fraction of sp³-hybridized carbons (Fsp3) is 0.941. The Labute approximate surface area is 123 Å². The van der Waals surface area contributed by atoms with Crippen LogP contribution in [0.5, 0.6) is 0 Å². The molecule has 0 unspecified atom stereocenters. The highest BCUT2D eigenvalue weighted by Gasteiger charge is 2.51. The maximum atomic E-state index is 12.7. The van der Waals surface area contributed by atoms with Gasteiger partial charge in [0, 0.05) is 25.6 Å². The summed E-state index contributed by atoms with van der Waals surface area (Å²) in [4.78, 5) is 14.7. The lowest BCUT2D eigenvalue weighted by molar-refractivity contribution is -0.141. The van der Waals surface area contributed by atoms with Crippen LogP contribution in [-0.2, 0) is 4.79 Å². The number of nitrogens with zero attached hydrogens (tertiary/aromatic N) is 1. The second kappa shape index (κ2) is 5.32. The van der Waals surface area contributed by atoms with Crippen LogP contribution in [0.15, 0.2) is 0 Å². The first-order valence-electron chi connectivity index (χ1n) is 8.51. The number of hydrogen-bond donors (Lipinski definition) is 1. The van der Waals surface area contributed by atoms with E-state index in [4.69, 9.17) is 5.73 Å². The van der Waals surface area contributed by atoms with Crippen molar-refractivity contribution in [3.8, 4) is 0 Å². The third-order valence-corrected chi connectivity index (χ3v) is 6.00. The van der Waals surface area contributed by atoms with E-state index in [9.17, 15) is 4.79 Å². The maximum absolute atomic E-state index is 12.7. The van der Waals surface area contributed by atoms with Crippen molar-refractivity contribution < 1.29 is 4.79 Å². The average molecular weight is 278 g/mol. The lowest BCUT2D eigenvalue weighted by atomic mass is 9.49. The molecule has 0 spiro atoms. The van der Waals surface area contributed by atoms with Crippen molar-refractivity contribution in [1.29, 1.82) is 0 Å². The second-order valence-corrected chi connectivity index (χ2v) is 8.06. The van der Waals surface area contributed by atoms with Crippen molar-refractivity contribution in [3.05, 3.63) is 0 Å². The van der Waals surface area contributed by atoms with Gasteiger partial charge in [0.2, 0.25) is 5.91 Å². The molecular weight excluding hydrogens is 248 g/mol. The van der Waals surface area contributed by atoms with Crippen LogP contribution in [0.2, 0.25) is 0 Å². The molecule has 0 heterocycles. The molecule has 4 rings (SSSR count). The summed E-state index contributed by atoms with van der Waals surface area (Å²) in [5.74, 6) is 3.13. The van der Waals surface area contributed by atoms with E-state index in [1.807, 2.05) is 4.90 Å². The minimum atomic E-state index is 0.278. The predicted molar refractivity (Wildman–Crippen MR) is 81.1 cm³/mol. The zero-order chi connectivity index (χ0) is 14.3. The molecule has 3 heteroatoms. The van der Waals surface area contributed by atoms with Crippen molar-refractivity contribution in [2.24, 2.45) is 28.9 Å². The highest BCUT2D eigenvalue weighted by atomic mass is 16.2. The molecule has 0 aromatic rings. The Morgan fingerprint density at radius 2 is 1.65 bits per heavy atom. The molecule has 3 nitrogen and oxygen atoms in total. The van der Waals surface area contributed by atoms with Crippen LogP contribution < -0.4 is 5.73 Å². The summed E-state index contributed by atoms with van der Waals surface area (Å²) in [6.45, 7) is 5.49. The molecule has 4 saturated carbocycles. The van der Waals surface area contributed by atoms with Gasteiger partial charge in [-0.15, -0.1) is 0 Å². The smallest absolute Gasteiger partial charge is 0.223 e. The molecule has 4 bridgehead atoms. The van der Waals surface area contributed by atoms with Gasteiger partial charge >= 0.3 is 0 Å². The molecule has 4 aliphatic rings. The molecule has 114 valence electrons. The lowest BCUT2D eigenvalue weighted by Crippen LogP contribution is -2.49. The first-order valence-corrected chi connectivity index (χ1v) is 8.51. The van der Waals surface area contributed by atoms with Gasteiger partial charge in [0.15, 0.2) is 0 Å². The van der Waals surface area contributed by atoms with E-state index in [0.29, 0.717) is 24.4 Å². The highest BCUT2D eigenvalue weighted by molar-refractivity contribution is 5.77. The summed E-state index contributed by atoms with van der Waals surface area (Å²) in [5.41, 5.74) is 6.03. The Hall–Kier alpha value is -0.570. The number of hydrogen-bond acceptors (Lipinski definition) is 2. The fourth-order valence-electron chi connectivity index (χ4n) is 5.74. The van der Waals surface area contributed by atoms with Crippen molar-refractivity contribution in [1.82, 2.24) is 4.90 Å². The third-order valence-electron chi connectivity index (χ3n) is 6.00. The number of carbonyl (C=O) groups excluding carboxylic acids is 1. The maximum Gasteiger partial charge on any atom is 0.223 e. The van der Waals surface area contributed by atoms with Gasteiger partial charge in [0.25, 0.3) is 0 Å². The molecule has 4 fully saturated rings. The molecule has 0 saturated heterocycles. The Morgan fingerprint density at radius 3 is 2.05 bits per heavy atom. The van der Waals surface area contributed by atoms with Gasteiger partial charge < -0.3 is 10.6 Å². The summed E-state index contributed by atoms with van der Waals surface area (Å²) in [7, 11) is 0. The predicted octanol–water partition coefficient (Wildman–Crippen LogP) is 2.79. The number of nitrogens with two attached hydrogens (primary N) is 1. The first kappa shape index (κ1) is 14.4. The summed E-state index contributed by atoms with van der Waals surface area (Å²) in [6, 6.07) is 0.278. The summed E-state index contributed by atoms with van der Waals surface area (Å²) in [6.07, 6.45) is 9.09. The fourth-order valence-corrected chi connectivity index (χ4v) is 5.74. The number of carbonyl (C=O) groups is 1. The van der Waals surface area contributed by atoms with Gasteiger partial charge in [-0.25, -0.2) is 0 Å². The second-order valence-electron chi connectivity index (χ2n) is 8.06. The van der Waals surface area contributed by atoms with Gasteiger partial charge in [-0.05, 0) is 75.5 Å². The topological polar surface area (TPSA) is 46.3 Å². The van der Waals surface area contributed by atoms with Crippen LogP contribution in [-0.4, -0.2) is 29.9 Å². The van der Waals surface area contributed by atoms with Crippen LogP contribution in [0.1, 0.15) is 58.8 Å². The van der Waals surface area contributed by atoms with Gasteiger partial charge in [-0.3, -0.25) is 4.79 Å². The third kappa shape index (κ3) is 2.61. The lowest BCUT2D eigenvalue weighted by Gasteiger charge is -2.57. The zero-order valence-electron chi connectivity index (χ0n) is 13.1. The molecule has 0 aliphatic heterocycles. The molecule has 0 aromatic heterocycles. The molecule has 0 radical (unpaired) electrons. The van der Waals surface area contributed by atoms with Crippen molar-refractivity contribution in [2.75, 3.05) is 13.1 Å². The molecule has 0 atom stereocenters. The average Bonchev–Trinajstić information content (AvgIpc) is 2.32. The van der Waals surface area contributed by atoms with Crippen molar-refractivity contribution >= 4 is 5.91 Å². The molecule has 4 aliphatic carbocycles. The van der Waals surface area contributed by atoms with Gasteiger partial charge in [0.05, 0.1) is 0 Å². The van der Waals surface area contributed by atoms with Crippen LogP contribution in [0.3, 0.4) is 0 Å². The van der Waals surface area contributed by atoms with Crippen LogP contribution in [0, 0.1) is 23.2 Å². The number of amides is 1. The normalized spacial score (nSPS) is 38.5. The summed E-state index contributed by atoms with van der Waals surface area (Å²) >= 11 is 0. The minimum absolute atomic E-state index is 0.278. The molecule has 1 amide bonds. The van der Waals surface area contributed by atoms with Crippen LogP contribution in [0.25, 0.3) is 0 Å². The van der Waals surface area contributed by atoms with Crippen molar-refractivity contribution in [3.63, 3.8) is 0 Å². The van der Waals surface area contributed by atoms with Gasteiger partial charge in [0.1, 0.15) is 0 Å². The molecule has 0 aromatic carbocycles. The van der Waals surface area contributed by atoms with E-state index in [1.165, 1.54) is 38.5 Å². The Balaban J connectivity index is 1.69. The quantitative estimate of drug-likeness (QED) is 0.840. The van der Waals surface area contributed by atoms with Crippen LogP contribution >= 0.6 is 0 Å². The van der Waals surface area contributed by atoms with E-state index in [1.54, 1.807) is 0 Å². The minimum Gasteiger partial charge on any atom is -0.339 e. The standard InChI is InChI=1S/C17H30N2O/c1-12(2)19(4-3-18)16(20)11-17-8-13-5-14(9-17)7-15(6-13)10-17/h12-15H,3-11,18H2,1-2H3. The Bertz CT molecular complexity index is 342. The summed E-state index contributed by atoms with van der Waals surface area (Å²) < 4.78 is 0. The molecule has 20 heavy (non-hydrogen) atoms. The van der Waals surface area contributed by atoms with E-state index in [2.05, 4.69) is 13.8 Å². The zero-order valence-corrected chi connectivity index (χ0v) is 13.1. The Kier molecular flexibility index (Phi) is 3.83. The van der Waals surface area contributed by atoms with E-state index >= 15 is 0 Å². The summed E-state index contributed by atoms with van der Waals surface area (Å²) in [5, 5.41) is 0. The van der Waals surface area contributed by atoms with Crippen LogP contribution in [0.4, 0.5) is 0 Å². The largest absolute Gasteiger partial charge is 0.339 e. The SMILES string of the molecule is CC(C)N(CCN)C(=O)CC12CC3CC(CC(C3)C1)C2. The van der Waals surface area contributed by atoms with E-state index < -0.39 is 0 Å². The monoisotopic (exact) mass is 278 g/mol. The van der Waals surface area contributed by atoms with Gasteiger partial charge in [-0.2, -0.15) is 0 Å².